The topological polar surface area (TPSA) is 84.9 Å². The number of aromatic carboxylic acids is 1. The first-order valence-corrected chi connectivity index (χ1v) is 5.46. The Morgan fingerprint density at radius 1 is 1.42 bits per heavy atom. The normalized spacial score (nSPS) is 10.0. The molecule has 0 saturated carbocycles. The summed E-state index contributed by atoms with van der Waals surface area (Å²) in [5, 5.41) is 11.4. The Hall–Kier alpha value is -2.15. The number of carbonyl (C=O) groups excluding carboxylic acids is 1. The highest BCUT2D eigenvalue weighted by atomic mass is 19.1. The van der Waals surface area contributed by atoms with Crippen LogP contribution in [-0.2, 0) is 9.53 Å². The van der Waals surface area contributed by atoms with Gasteiger partial charge in [-0.05, 0) is 12.1 Å². The third kappa shape index (κ3) is 4.92. The maximum Gasteiger partial charge on any atom is 0.339 e. The molecule has 0 radical (unpaired) electrons. The van der Waals surface area contributed by atoms with Crippen molar-refractivity contribution >= 4 is 11.9 Å². The van der Waals surface area contributed by atoms with Gasteiger partial charge in [0.2, 0.25) is 0 Å². The molecule has 19 heavy (non-hydrogen) atoms. The number of hydrogen-bond donors (Lipinski definition) is 2. The monoisotopic (exact) mass is 271 g/mol. The maximum atomic E-state index is 13.0. The fourth-order valence-electron chi connectivity index (χ4n) is 1.28. The number of halogens is 1. The van der Waals surface area contributed by atoms with Crippen molar-refractivity contribution in [2.45, 2.75) is 0 Å². The molecule has 0 bridgehead atoms. The number of hydrogen-bond acceptors (Lipinski definition) is 4. The summed E-state index contributed by atoms with van der Waals surface area (Å²) in [5.41, 5.74) is -0.203. The molecule has 0 saturated heterocycles. The minimum absolute atomic E-state index is 0.186. The molecule has 104 valence electrons. The second kappa shape index (κ2) is 7.32. The van der Waals surface area contributed by atoms with Gasteiger partial charge in [-0.3, -0.25) is 4.79 Å². The molecule has 1 aromatic rings. The fourth-order valence-corrected chi connectivity index (χ4v) is 1.28. The predicted octanol–water partition coefficient (Wildman–Crippen LogP) is 0.665. The van der Waals surface area contributed by atoms with Crippen molar-refractivity contribution in [3.05, 3.63) is 29.6 Å². The SMILES string of the molecule is COCCNC(=O)COc1cc(F)ccc1C(=O)O. The van der Waals surface area contributed by atoms with Crippen LogP contribution in [0.25, 0.3) is 0 Å². The van der Waals surface area contributed by atoms with E-state index in [2.05, 4.69) is 5.32 Å². The molecule has 0 aliphatic carbocycles. The van der Waals surface area contributed by atoms with Crippen molar-refractivity contribution in [2.75, 3.05) is 26.9 Å². The molecule has 0 atom stereocenters. The van der Waals surface area contributed by atoms with Crippen LogP contribution < -0.4 is 10.1 Å². The van der Waals surface area contributed by atoms with Gasteiger partial charge in [-0.1, -0.05) is 0 Å². The molecule has 7 heteroatoms. The van der Waals surface area contributed by atoms with Gasteiger partial charge in [-0.15, -0.1) is 0 Å². The molecule has 0 spiro atoms. The van der Waals surface area contributed by atoms with Gasteiger partial charge in [0, 0.05) is 19.7 Å². The first-order chi connectivity index (χ1) is 9.04. The molecule has 0 aromatic heterocycles. The van der Waals surface area contributed by atoms with Crippen molar-refractivity contribution in [2.24, 2.45) is 0 Å². The van der Waals surface area contributed by atoms with Gasteiger partial charge in [0.1, 0.15) is 17.1 Å². The highest BCUT2D eigenvalue weighted by Crippen LogP contribution is 2.19. The number of ether oxygens (including phenoxy) is 2. The van der Waals surface area contributed by atoms with Crippen molar-refractivity contribution in [3.8, 4) is 5.75 Å². The lowest BCUT2D eigenvalue weighted by atomic mass is 10.2. The third-order valence-corrected chi connectivity index (χ3v) is 2.16. The summed E-state index contributed by atoms with van der Waals surface area (Å²) in [6.45, 7) is 0.271. The van der Waals surface area contributed by atoms with Gasteiger partial charge >= 0.3 is 5.97 Å². The molecule has 0 fully saturated rings. The maximum absolute atomic E-state index is 13.0. The van der Waals surface area contributed by atoms with E-state index in [1.165, 1.54) is 7.11 Å². The van der Waals surface area contributed by atoms with Crippen molar-refractivity contribution < 1.29 is 28.6 Å². The van der Waals surface area contributed by atoms with Crippen LogP contribution in [0.4, 0.5) is 4.39 Å². The Kier molecular flexibility index (Phi) is 5.74. The number of carbonyl (C=O) groups is 2. The van der Waals surface area contributed by atoms with Crippen LogP contribution in [0.1, 0.15) is 10.4 Å². The minimum atomic E-state index is -1.25. The van der Waals surface area contributed by atoms with E-state index in [-0.39, 0.29) is 11.3 Å². The second-order valence-electron chi connectivity index (χ2n) is 3.58. The smallest absolute Gasteiger partial charge is 0.339 e. The van der Waals surface area contributed by atoms with Crippen molar-refractivity contribution in [3.63, 3.8) is 0 Å². The van der Waals surface area contributed by atoms with Gasteiger partial charge in [0.15, 0.2) is 6.61 Å². The third-order valence-electron chi connectivity index (χ3n) is 2.16. The first kappa shape index (κ1) is 14.9. The average Bonchev–Trinajstić information content (AvgIpc) is 2.36. The van der Waals surface area contributed by atoms with E-state index in [0.29, 0.717) is 13.2 Å². The summed E-state index contributed by atoms with van der Waals surface area (Å²) < 4.78 is 22.7. The van der Waals surface area contributed by atoms with Crippen LogP contribution in [0, 0.1) is 5.82 Å². The zero-order valence-corrected chi connectivity index (χ0v) is 10.3. The Morgan fingerprint density at radius 3 is 2.79 bits per heavy atom. The Labute approximate surface area is 109 Å². The number of rotatable bonds is 7. The summed E-state index contributed by atoms with van der Waals surface area (Å²) >= 11 is 0. The Bertz CT molecular complexity index is 463. The minimum Gasteiger partial charge on any atom is -0.483 e. The fraction of sp³-hybridized carbons (Fsp3) is 0.333. The number of methoxy groups -OCH3 is 1. The van der Waals surface area contributed by atoms with Crippen LogP contribution in [0.15, 0.2) is 18.2 Å². The van der Waals surface area contributed by atoms with E-state index in [9.17, 15) is 14.0 Å². The summed E-state index contributed by atoms with van der Waals surface area (Å²) in [7, 11) is 1.49. The predicted molar refractivity (Wildman–Crippen MR) is 63.7 cm³/mol. The summed E-state index contributed by atoms with van der Waals surface area (Å²) in [5.74, 6) is -2.53. The molecule has 1 rings (SSSR count). The van der Waals surface area contributed by atoms with Gasteiger partial charge in [0.25, 0.3) is 5.91 Å². The molecule has 0 aliphatic heterocycles. The van der Waals surface area contributed by atoms with E-state index >= 15 is 0 Å². The largest absolute Gasteiger partial charge is 0.483 e. The molecule has 6 nitrogen and oxygen atoms in total. The van der Waals surface area contributed by atoms with Crippen LogP contribution >= 0.6 is 0 Å². The number of carboxylic acid groups (broad SMARTS) is 1. The zero-order valence-electron chi connectivity index (χ0n) is 10.3. The second-order valence-corrected chi connectivity index (χ2v) is 3.58. The van der Waals surface area contributed by atoms with E-state index in [4.69, 9.17) is 14.6 Å². The van der Waals surface area contributed by atoms with E-state index in [1.54, 1.807) is 0 Å². The molecule has 1 aromatic carbocycles. The van der Waals surface area contributed by atoms with E-state index < -0.39 is 24.3 Å². The molecule has 0 heterocycles. The van der Waals surface area contributed by atoms with Crippen molar-refractivity contribution in [1.82, 2.24) is 5.32 Å². The van der Waals surface area contributed by atoms with E-state index in [0.717, 1.165) is 18.2 Å². The number of benzene rings is 1. The quantitative estimate of drug-likeness (QED) is 0.712. The summed E-state index contributed by atoms with van der Waals surface area (Å²) in [6.07, 6.45) is 0. The molecular weight excluding hydrogens is 257 g/mol. The Morgan fingerprint density at radius 2 is 2.16 bits per heavy atom. The van der Waals surface area contributed by atoms with Crippen LogP contribution in [-0.4, -0.2) is 43.9 Å². The van der Waals surface area contributed by atoms with Crippen LogP contribution in [0.2, 0.25) is 0 Å². The molecule has 0 unspecified atom stereocenters. The van der Waals surface area contributed by atoms with Gasteiger partial charge in [-0.25, -0.2) is 9.18 Å². The molecular formula is C12H14FNO5. The lowest BCUT2D eigenvalue weighted by Crippen LogP contribution is -2.31. The lowest BCUT2D eigenvalue weighted by molar-refractivity contribution is -0.123. The Balaban J connectivity index is 2.59. The summed E-state index contributed by atoms with van der Waals surface area (Å²) in [4.78, 5) is 22.2. The van der Waals surface area contributed by atoms with Crippen LogP contribution in [0.3, 0.4) is 0 Å². The summed E-state index contributed by atoms with van der Waals surface area (Å²) in [6, 6.07) is 3.01. The highest BCUT2D eigenvalue weighted by molar-refractivity contribution is 5.91. The van der Waals surface area contributed by atoms with Crippen molar-refractivity contribution in [1.29, 1.82) is 0 Å². The van der Waals surface area contributed by atoms with Gasteiger partial charge < -0.3 is 19.9 Å². The van der Waals surface area contributed by atoms with Crippen LogP contribution in [0.5, 0.6) is 5.75 Å². The van der Waals surface area contributed by atoms with Gasteiger partial charge in [-0.2, -0.15) is 0 Å². The molecule has 1 amide bonds. The first-order valence-electron chi connectivity index (χ1n) is 5.46. The number of carboxylic acids is 1. The average molecular weight is 271 g/mol. The number of nitrogens with one attached hydrogen (secondary N) is 1. The zero-order chi connectivity index (χ0) is 14.3. The van der Waals surface area contributed by atoms with Gasteiger partial charge in [0.05, 0.1) is 6.61 Å². The highest BCUT2D eigenvalue weighted by Gasteiger charge is 2.13. The number of amides is 1. The molecule has 2 N–H and O–H groups in total. The lowest BCUT2D eigenvalue weighted by Gasteiger charge is -2.09. The standard InChI is InChI=1S/C12H14FNO5/c1-18-5-4-14-11(15)7-19-10-6-8(13)2-3-9(10)12(16)17/h2-3,6H,4-5,7H2,1H3,(H,14,15)(H,16,17). The van der Waals surface area contributed by atoms with E-state index in [1.807, 2.05) is 0 Å². The molecule has 0 aliphatic rings.